The van der Waals surface area contributed by atoms with E-state index in [-0.39, 0.29) is 78.0 Å². The zero-order valence-corrected chi connectivity index (χ0v) is 28.2. The second-order valence-electron chi connectivity index (χ2n) is 14.9. The number of hydrogen-bond donors (Lipinski definition) is 5. The van der Waals surface area contributed by atoms with Crippen LogP contribution in [0.15, 0.2) is 44.2 Å². The fourth-order valence-corrected chi connectivity index (χ4v) is 9.67. The van der Waals surface area contributed by atoms with Crippen molar-refractivity contribution >= 4 is 23.8 Å². The number of esters is 1. The number of nitrogens with two attached hydrogens (primary N) is 2. The van der Waals surface area contributed by atoms with E-state index in [1.165, 1.54) is 11.6 Å². The molecule has 12 nitrogen and oxygen atoms in total. The van der Waals surface area contributed by atoms with E-state index in [9.17, 15) is 29.4 Å². The van der Waals surface area contributed by atoms with Crippen LogP contribution in [0.2, 0.25) is 0 Å². The van der Waals surface area contributed by atoms with Crippen molar-refractivity contribution in [3.05, 3.63) is 46.0 Å². The van der Waals surface area contributed by atoms with Gasteiger partial charge in [0.15, 0.2) is 5.96 Å². The standard InChI is InChI=1S/C36H52N4O8/c1-34-16-13-24(48-31(43)8-4-3-7-29(41)40-28(32(44)45)6-5-19-39-33(37)38)20-23(34)10-11-27-26(34)14-17-35(2)25(15-18-36(27,35)46)22-9-12-30(42)47-21-22/h9,12,20-21,24-28,46H,3-8,10-11,13-19H2,1-2H3,(H,40,41)(H,44,45)(H4,37,38,39)/t24-,25+,26-,27+,28-,34-,35+,36-/m0/s1. The maximum absolute atomic E-state index is 12.7. The number of aliphatic carboxylic acids is 1. The van der Waals surface area contributed by atoms with Crippen molar-refractivity contribution < 1.29 is 33.8 Å². The van der Waals surface area contributed by atoms with Crippen LogP contribution in [0.3, 0.4) is 0 Å². The van der Waals surface area contributed by atoms with Crippen LogP contribution >= 0.6 is 0 Å². The molecule has 12 heteroatoms. The minimum atomic E-state index is -1.12. The van der Waals surface area contributed by atoms with E-state index >= 15 is 0 Å². The summed E-state index contributed by atoms with van der Waals surface area (Å²) in [4.78, 5) is 52.0. The SMILES string of the molecule is C[C@]12CC[C@H](OC(=O)CCCCC(=O)N[C@@H](CCCN=C(N)N)C(=O)O)C=C1CC[C@@H]1[C@@H]2CC[C@]2(C)[C@@H](c3ccc(=O)oc3)CC[C@]12O. The van der Waals surface area contributed by atoms with Gasteiger partial charge in [0.05, 0.1) is 11.9 Å². The molecule has 264 valence electrons. The molecule has 0 saturated heterocycles. The summed E-state index contributed by atoms with van der Waals surface area (Å²) in [6, 6.07) is 2.32. The van der Waals surface area contributed by atoms with E-state index in [4.69, 9.17) is 20.6 Å². The molecule has 1 aromatic rings. The maximum atomic E-state index is 12.7. The Morgan fingerprint density at radius 1 is 1.04 bits per heavy atom. The van der Waals surface area contributed by atoms with Crippen molar-refractivity contribution in [3.63, 3.8) is 0 Å². The maximum Gasteiger partial charge on any atom is 0.335 e. The van der Waals surface area contributed by atoms with Crippen molar-refractivity contribution in [2.75, 3.05) is 6.54 Å². The molecule has 1 aromatic heterocycles. The van der Waals surface area contributed by atoms with Crippen LogP contribution in [-0.4, -0.2) is 58.3 Å². The minimum Gasteiger partial charge on any atom is -0.480 e. The molecule has 4 aliphatic rings. The average Bonchev–Trinajstić information content (AvgIpc) is 3.32. The number of nitrogens with zero attached hydrogens (tertiary/aromatic N) is 1. The first-order valence-electron chi connectivity index (χ1n) is 17.6. The van der Waals surface area contributed by atoms with E-state index in [1.54, 1.807) is 6.26 Å². The van der Waals surface area contributed by atoms with E-state index in [2.05, 4.69) is 30.2 Å². The van der Waals surface area contributed by atoms with Crippen LogP contribution in [0.25, 0.3) is 0 Å². The Hall–Kier alpha value is -3.67. The highest BCUT2D eigenvalue weighted by atomic mass is 16.5. The molecule has 0 aliphatic heterocycles. The average molecular weight is 669 g/mol. The lowest BCUT2D eigenvalue weighted by atomic mass is 9.45. The summed E-state index contributed by atoms with van der Waals surface area (Å²) < 4.78 is 11.1. The van der Waals surface area contributed by atoms with Crippen molar-refractivity contribution in [2.24, 2.45) is 39.1 Å². The molecule has 0 unspecified atom stereocenters. The molecule has 0 aromatic carbocycles. The number of hydrogen-bond acceptors (Lipinski definition) is 8. The number of fused-ring (bicyclic) bond motifs is 5. The molecule has 1 heterocycles. The van der Waals surface area contributed by atoms with Crippen LogP contribution in [0.4, 0.5) is 0 Å². The monoisotopic (exact) mass is 668 g/mol. The smallest absolute Gasteiger partial charge is 0.335 e. The van der Waals surface area contributed by atoms with Gasteiger partial charge in [-0.25, -0.2) is 9.59 Å². The van der Waals surface area contributed by atoms with Gasteiger partial charge in [-0.05, 0) is 118 Å². The molecule has 8 atom stereocenters. The van der Waals surface area contributed by atoms with Crippen molar-refractivity contribution in [2.45, 2.75) is 127 Å². The number of guanidine groups is 1. The molecule has 0 bridgehead atoms. The lowest BCUT2D eigenvalue weighted by Gasteiger charge is -2.61. The van der Waals surface area contributed by atoms with Crippen LogP contribution < -0.4 is 22.4 Å². The first-order valence-corrected chi connectivity index (χ1v) is 17.6. The number of allylic oxidation sites excluding steroid dienone is 1. The van der Waals surface area contributed by atoms with Gasteiger partial charge in [0, 0.05) is 30.9 Å². The molecule has 5 rings (SSSR count). The number of carbonyl (C=O) groups is 3. The van der Waals surface area contributed by atoms with E-state index < -0.39 is 17.6 Å². The Labute approximate surface area is 281 Å². The normalized spacial score (nSPS) is 32.9. The molecular formula is C36H52N4O8. The molecule has 0 spiro atoms. The number of amides is 1. The largest absolute Gasteiger partial charge is 0.480 e. The first kappa shape index (κ1) is 35.6. The van der Waals surface area contributed by atoms with Crippen LogP contribution in [0.1, 0.15) is 115 Å². The Balaban J connectivity index is 1.10. The number of aliphatic imine (C=N–C) groups is 1. The summed E-state index contributed by atoms with van der Waals surface area (Å²) in [6.07, 6.45) is 12.2. The summed E-state index contributed by atoms with van der Waals surface area (Å²) in [5.41, 5.74) is 11.4. The first-order chi connectivity index (χ1) is 22.8. The van der Waals surface area contributed by atoms with Gasteiger partial charge in [0.1, 0.15) is 12.1 Å². The molecular weight excluding hydrogens is 616 g/mol. The van der Waals surface area contributed by atoms with Gasteiger partial charge >= 0.3 is 17.6 Å². The van der Waals surface area contributed by atoms with Crippen LogP contribution in [-0.2, 0) is 19.1 Å². The fourth-order valence-electron chi connectivity index (χ4n) is 9.67. The van der Waals surface area contributed by atoms with Gasteiger partial charge < -0.3 is 36.2 Å². The molecule has 1 amide bonds. The Bertz CT molecular complexity index is 1470. The Morgan fingerprint density at radius 3 is 2.52 bits per heavy atom. The van der Waals surface area contributed by atoms with E-state index in [1.807, 2.05) is 6.07 Å². The summed E-state index contributed by atoms with van der Waals surface area (Å²) in [5.74, 6) is -1.17. The zero-order chi connectivity index (χ0) is 34.7. The van der Waals surface area contributed by atoms with E-state index in [0.717, 1.165) is 56.9 Å². The number of rotatable bonds is 13. The number of nitrogens with one attached hydrogen (secondary N) is 1. The lowest BCUT2D eigenvalue weighted by Crippen LogP contribution is -2.60. The van der Waals surface area contributed by atoms with Gasteiger partial charge in [-0.1, -0.05) is 19.4 Å². The van der Waals surface area contributed by atoms with Crippen LogP contribution in [0.5, 0.6) is 0 Å². The minimum absolute atomic E-state index is 0.0489. The fraction of sp³-hybridized carbons (Fsp3) is 0.694. The van der Waals surface area contributed by atoms with Gasteiger partial charge in [-0.15, -0.1) is 0 Å². The van der Waals surface area contributed by atoms with Crippen molar-refractivity contribution in [3.8, 4) is 0 Å². The number of carboxylic acids is 1. The van der Waals surface area contributed by atoms with Gasteiger partial charge in [-0.2, -0.15) is 0 Å². The van der Waals surface area contributed by atoms with Gasteiger partial charge in [-0.3, -0.25) is 14.6 Å². The quantitative estimate of drug-likeness (QED) is 0.0673. The highest BCUT2D eigenvalue weighted by Crippen LogP contribution is 2.70. The Kier molecular flexibility index (Phi) is 10.7. The number of carbonyl (C=O) groups excluding carboxylic acids is 2. The third kappa shape index (κ3) is 7.18. The Morgan fingerprint density at radius 2 is 1.81 bits per heavy atom. The van der Waals surface area contributed by atoms with Crippen molar-refractivity contribution in [1.29, 1.82) is 0 Å². The highest BCUT2D eigenvalue weighted by Gasteiger charge is 2.66. The van der Waals surface area contributed by atoms with Crippen LogP contribution in [0, 0.1) is 22.7 Å². The lowest BCUT2D eigenvalue weighted by molar-refractivity contribution is -0.178. The van der Waals surface area contributed by atoms with Gasteiger partial charge in [0.25, 0.3) is 0 Å². The van der Waals surface area contributed by atoms with E-state index in [0.29, 0.717) is 25.2 Å². The predicted octanol–water partition coefficient (Wildman–Crippen LogP) is 3.90. The third-order valence-corrected chi connectivity index (χ3v) is 12.3. The summed E-state index contributed by atoms with van der Waals surface area (Å²) in [5, 5.41) is 24.4. The molecule has 48 heavy (non-hydrogen) atoms. The number of carboxylic acid groups (broad SMARTS) is 1. The molecule has 4 aliphatic carbocycles. The second kappa shape index (κ2) is 14.4. The van der Waals surface area contributed by atoms with Gasteiger partial charge in [0.2, 0.25) is 5.91 Å². The summed E-state index contributed by atoms with van der Waals surface area (Å²) in [7, 11) is 0. The zero-order valence-electron chi connectivity index (χ0n) is 28.2. The number of unbranched alkanes of at least 4 members (excludes halogenated alkanes) is 1. The van der Waals surface area contributed by atoms with Crippen molar-refractivity contribution in [1.82, 2.24) is 5.32 Å². The molecule has 0 radical (unpaired) electrons. The topological polar surface area (TPSA) is 208 Å². The highest BCUT2D eigenvalue weighted by molar-refractivity contribution is 5.83. The molecule has 3 saturated carbocycles. The molecule has 3 fully saturated rings. The molecule has 7 N–H and O–H groups in total. The third-order valence-electron chi connectivity index (χ3n) is 12.3. The second-order valence-corrected chi connectivity index (χ2v) is 14.9. The summed E-state index contributed by atoms with van der Waals surface area (Å²) in [6.45, 7) is 4.85. The predicted molar refractivity (Wildman–Crippen MR) is 179 cm³/mol. The summed E-state index contributed by atoms with van der Waals surface area (Å²) >= 11 is 0. The number of ether oxygens (including phenoxy) is 1. The number of aliphatic hydroxyl groups is 1.